The molecule has 1 amide bonds. The lowest BCUT2D eigenvalue weighted by Crippen LogP contribution is -2.09. The molecule has 1 rings (SSSR count). The molecule has 0 aliphatic heterocycles. The van der Waals surface area contributed by atoms with E-state index in [2.05, 4.69) is 5.32 Å². The van der Waals surface area contributed by atoms with Crippen LogP contribution in [0.25, 0.3) is 0 Å². The number of aliphatic hydroxyl groups is 1. The van der Waals surface area contributed by atoms with Crippen molar-refractivity contribution < 1.29 is 9.90 Å². The molecule has 1 aromatic carbocycles. The van der Waals surface area contributed by atoms with Crippen LogP contribution in [0.5, 0.6) is 0 Å². The predicted molar refractivity (Wildman–Crippen MR) is 61.2 cm³/mol. The maximum Gasteiger partial charge on any atom is 0.251 e. The molecule has 1 aromatic rings. The Morgan fingerprint density at radius 2 is 2.20 bits per heavy atom. The molecule has 0 bridgehead atoms. The number of allylic oxidation sites excluding steroid dienone is 1. The lowest BCUT2D eigenvalue weighted by Gasteiger charge is -2.06. The molecular weight excluding hydrogens is 214 g/mol. The summed E-state index contributed by atoms with van der Waals surface area (Å²) < 4.78 is 0. The third-order valence-electron chi connectivity index (χ3n) is 1.79. The summed E-state index contributed by atoms with van der Waals surface area (Å²) in [6, 6.07) is 5.17. The Hall–Kier alpha value is -1.48. The summed E-state index contributed by atoms with van der Waals surface area (Å²) >= 11 is 5.77. The van der Waals surface area contributed by atoms with Crippen molar-refractivity contribution in [1.29, 1.82) is 0 Å². The van der Waals surface area contributed by atoms with E-state index in [1.165, 1.54) is 6.92 Å². The first-order valence-corrected chi connectivity index (χ1v) is 4.81. The summed E-state index contributed by atoms with van der Waals surface area (Å²) in [5, 5.41) is 12.2. The molecule has 0 spiro atoms. The van der Waals surface area contributed by atoms with Crippen molar-refractivity contribution in [3.63, 3.8) is 0 Å². The van der Waals surface area contributed by atoms with Gasteiger partial charge in [-0.2, -0.15) is 0 Å². The Bertz CT molecular complexity index is 409. The Morgan fingerprint density at radius 1 is 1.53 bits per heavy atom. The second kappa shape index (κ2) is 4.84. The number of hydrogen-bond acceptors (Lipinski definition) is 2. The predicted octanol–water partition coefficient (Wildman–Crippen LogP) is 3.05. The Labute approximate surface area is 93.4 Å². The third-order valence-corrected chi connectivity index (χ3v) is 2.02. The molecule has 0 saturated heterocycles. The van der Waals surface area contributed by atoms with Gasteiger partial charge in [0.15, 0.2) is 0 Å². The Kier molecular flexibility index (Phi) is 3.74. The van der Waals surface area contributed by atoms with Crippen LogP contribution in [0.2, 0.25) is 5.02 Å². The van der Waals surface area contributed by atoms with Crippen molar-refractivity contribution in [2.75, 3.05) is 5.32 Å². The van der Waals surface area contributed by atoms with E-state index in [0.717, 1.165) is 11.6 Å². The molecule has 0 heterocycles. The molecule has 2 N–H and O–H groups in total. The fourth-order valence-electron chi connectivity index (χ4n) is 1.13. The van der Waals surface area contributed by atoms with Gasteiger partial charge in [-0.1, -0.05) is 11.6 Å². The molecule has 0 atom stereocenters. The number of amides is 1. The fraction of sp³-hybridized carbons (Fsp3) is 0.182. The molecule has 3 nitrogen and oxygen atoms in total. The van der Waals surface area contributed by atoms with Gasteiger partial charge in [-0.05, 0) is 37.6 Å². The van der Waals surface area contributed by atoms with E-state index in [1.54, 1.807) is 18.2 Å². The van der Waals surface area contributed by atoms with Gasteiger partial charge in [0.05, 0.1) is 5.76 Å². The molecule has 15 heavy (non-hydrogen) atoms. The van der Waals surface area contributed by atoms with Gasteiger partial charge in [0.2, 0.25) is 0 Å². The van der Waals surface area contributed by atoms with E-state index in [1.807, 2.05) is 6.92 Å². The van der Waals surface area contributed by atoms with Crippen LogP contribution in [0.1, 0.15) is 12.5 Å². The van der Waals surface area contributed by atoms with E-state index in [0.29, 0.717) is 10.7 Å². The fourth-order valence-corrected chi connectivity index (χ4v) is 1.35. The molecular formula is C11H12ClNO2. The molecule has 0 aromatic heterocycles. The van der Waals surface area contributed by atoms with Gasteiger partial charge < -0.3 is 10.4 Å². The largest absolute Gasteiger partial charge is 0.512 e. The maximum atomic E-state index is 11.3. The quantitative estimate of drug-likeness (QED) is 0.600. The highest BCUT2D eigenvalue weighted by molar-refractivity contribution is 6.30. The van der Waals surface area contributed by atoms with Gasteiger partial charge in [0, 0.05) is 16.8 Å². The number of carbonyl (C=O) groups is 1. The topological polar surface area (TPSA) is 49.3 Å². The molecule has 0 fully saturated rings. The SMILES string of the molecule is C/C(O)=C/C(=O)Nc1ccc(Cl)cc1C. The van der Waals surface area contributed by atoms with E-state index in [-0.39, 0.29) is 11.7 Å². The van der Waals surface area contributed by atoms with Gasteiger partial charge in [-0.15, -0.1) is 0 Å². The number of anilines is 1. The molecule has 0 aliphatic rings. The summed E-state index contributed by atoms with van der Waals surface area (Å²) in [6.07, 6.45) is 1.12. The highest BCUT2D eigenvalue weighted by Crippen LogP contribution is 2.19. The Morgan fingerprint density at radius 3 is 2.73 bits per heavy atom. The average Bonchev–Trinajstić information content (AvgIpc) is 2.08. The maximum absolute atomic E-state index is 11.3. The molecule has 80 valence electrons. The minimum atomic E-state index is -0.361. The van der Waals surface area contributed by atoms with Crippen LogP contribution < -0.4 is 5.32 Å². The second-order valence-electron chi connectivity index (χ2n) is 3.23. The smallest absolute Gasteiger partial charge is 0.251 e. The number of hydrogen-bond donors (Lipinski definition) is 2. The number of rotatable bonds is 2. The highest BCUT2D eigenvalue weighted by Gasteiger charge is 2.02. The average molecular weight is 226 g/mol. The molecule has 0 unspecified atom stereocenters. The summed E-state index contributed by atoms with van der Waals surface area (Å²) in [7, 11) is 0. The number of halogens is 1. The van der Waals surface area contributed by atoms with Crippen LogP contribution >= 0.6 is 11.6 Å². The normalized spacial score (nSPS) is 11.3. The van der Waals surface area contributed by atoms with Crippen LogP contribution in [-0.2, 0) is 4.79 Å². The van der Waals surface area contributed by atoms with Crippen LogP contribution in [0.4, 0.5) is 5.69 Å². The zero-order valence-corrected chi connectivity index (χ0v) is 9.30. The van der Waals surface area contributed by atoms with Crippen molar-refractivity contribution in [3.05, 3.63) is 40.6 Å². The Balaban J connectivity index is 2.82. The second-order valence-corrected chi connectivity index (χ2v) is 3.67. The van der Waals surface area contributed by atoms with Gasteiger partial charge >= 0.3 is 0 Å². The minimum Gasteiger partial charge on any atom is -0.512 e. The minimum absolute atomic E-state index is 0.0286. The first kappa shape index (κ1) is 11.6. The van der Waals surface area contributed by atoms with Gasteiger partial charge in [0.1, 0.15) is 0 Å². The lowest BCUT2D eigenvalue weighted by molar-refractivity contribution is -0.112. The van der Waals surface area contributed by atoms with E-state index >= 15 is 0 Å². The van der Waals surface area contributed by atoms with Crippen LogP contribution in [-0.4, -0.2) is 11.0 Å². The number of aryl methyl sites for hydroxylation is 1. The van der Waals surface area contributed by atoms with E-state index in [4.69, 9.17) is 16.7 Å². The van der Waals surface area contributed by atoms with Crippen molar-refractivity contribution in [3.8, 4) is 0 Å². The highest BCUT2D eigenvalue weighted by atomic mass is 35.5. The molecule has 4 heteroatoms. The number of aliphatic hydroxyl groups excluding tert-OH is 1. The summed E-state index contributed by atoms with van der Waals surface area (Å²) in [4.78, 5) is 11.3. The molecule has 0 aliphatic carbocycles. The first-order valence-electron chi connectivity index (χ1n) is 4.43. The molecule has 0 saturated carbocycles. The zero-order valence-electron chi connectivity index (χ0n) is 8.54. The van der Waals surface area contributed by atoms with E-state index < -0.39 is 0 Å². The molecule has 0 radical (unpaired) electrons. The standard InChI is InChI=1S/C11H12ClNO2/c1-7-5-9(12)3-4-10(7)13-11(15)6-8(2)14/h3-6,14H,1-2H3,(H,13,15)/b8-6-. The van der Waals surface area contributed by atoms with Gasteiger partial charge in [0.25, 0.3) is 5.91 Å². The van der Waals surface area contributed by atoms with Crippen molar-refractivity contribution >= 4 is 23.2 Å². The van der Waals surface area contributed by atoms with Crippen LogP contribution in [0.3, 0.4) is 0 Å². The van der Waals surface area contributed by atoms with Crippen molar-refractivity contribution in [2.45, 2.75) is 13.8 Å². The number of benzene rings is 1. The first-order chi connectivity index (χ1) is 6.99. The van der Waals surface area contributed by atoms with Gasteiger partial charge in [-0.3, -0.25) is 4.79 Å². The number of nitrogens with one attached hydrogen (secondary N) is 1. The van der Waals surface area contributed by atoms with Crippen molar-refractivity contribution in [2.24, 2.45) is 0 Å². The van der Waals surface area contributed by atoms with Crippen LogP contribution in [0.15, 0.2) is 30.0 Å². The summed E-state index contributed by atoms with van der Waals surface area (Å²) in [6.45, 7) is 3.28. The van der Waals surface area contributed by atoms with Crippen molar-refractivity contribution in [1.82, 2.24) is 0 Å². The lowest BCUT2D eigenvalue weighted by atomic mass is 10.2. The monoisotopic (exact) mass is 225 g/mol. The van der Waals surface area contributed by atoms with Gasteiger partial charge in [-0.25, -0.2) is 0 Å². The zero-order chi connectivity index (χ0) is 11.4. The summed E-state index contributed by atoms with van der Waals surface area (Å²) in [5.41, 5.74) is 1.56. The van der Waals surface area contributed by atoms with E-state index in [9.17, 15) is 4.79 Å². The number of carbonyl (C=O) groups excluding carboxylic acids is 1. The summed E-state index contributed by atoms with van der Waals surface area (Å²) in [5.74, 6) is -0.389. The van der Waals surface area contributed by atoms with Crippen LogP contribution in [0, 0.1) is 6.92 Å². The third kappa shape index (κ3) is 3.64.